The van der Waals surface area contributed by atoms with Crippen LogP contribution < -0.4 is 15.8 Å². The van der Waals surface area contributed by atoms with Gasteiger partial charge in [0, 0.05) is 22.5 Å². The predicted octanol–water partition coefficient (Wildman–Crippen LogP) is 2.94. The third-order valence-electron chi connectivity index (χ3n) is 3.81. The number of nitrogens with one attached hydrogen (secondary N) is 1. The Bertz CT molecular complexity index is 985. The molecule has 3 aromatic rings. The molecule has 0 aliphatic rings. The third kappa shape index (κ3) is 3.18. The Morgan fingerprint density at radius 3 is 2.84 bits per heavy atom. The number of hydrogen-bond acceptors (Lipinski definition) is 7. The number of aromatic nitrogens is 3. The molecular formula is C17H15ClN6O. The van der Waals surface area contributed by atoms with Gasteiger partial charge < -0.3 is 15.8 Å². The van der Waals surface area contributed by atoms with Crippen LogP contribution in [0.3, 0.4) is 0 Å². The Kier molecular flexibility index (Phi) is 4.65. The zero-order valence-electron chi connectivity index (χ0n) is 13.6. The Labute approximate surface area is 149 Å². The minimum atomic E-state index is -0.657. The molecule has 0 spiro atoms. The van der Waals surface area contributed by atoms with E-state index in [0.29, 0.717) is 27.8 Å². The van der Waals surface area contributed by atoms with Crippen molar-refractivity contribution < 1.29 is 4.74 Å². The maximum atomic E-state index is 9.21. The topological polar surface area (TPSA) is 110 Å². The molecule has 2 aromatic heterocycles. The number of halogens is 1. The van der Waals surface area contributed by atoms with Gasteiger partial charge in [-0.1, -0.05) is 23.7 Å². The second-order valence-corrected chi connectivity index (χ2v) is 5.74. The van der Waals surface area contributed by atoms with Gasteiger partial charge in [-0.15, -0.1) is 5.10 Å². The average Bonchev–Trinajstić information content (AvgIpc) is 2.63. The molecule has 25 heavy (non-hydrogen) atoms. The van der Waals surface area contributed by atoms with Crippen molar-refractivity contribution in [2.24, 2.45) is 5.73 Å². The molecule has 0 saturated heterocycles. The van der Waals surface area contributed by atoms with Crippen LogP contribution in [0.1, 0.15) is 23.0 Å². The molecule has 3 rings (SSSR count). The number of benzene rings is 1. The summed E-state index contributed by atoms with van der Waals surface area (Å²) in [4.78, 5) is 4.08. The molecule has 1 atom stereocenters. The molecule has 0 fully saturated rings. The molecule has 0 bridgehead atoms. The van der Waals surface area contributed by atoms with Gasteiger partial charge >= 0.3 is 0 Å². The Morgan fingerprint density at radius 2 is 2.12 bits per heavy atom. The Morgan fingerprint density at radius 1 is 1.32 bits per heavy atom. The van der Waals surface area contributed by atoms with Crippen LogP contribution in [0.2, 0.25) is 5.15 Å². The van der Waals surface area contributed by atoms with Crippen molar-refractivity contribution in [2.45, 2.75) is 13.1 Å². The highest BCUT2D eigenvalue weighted by Crippen LogP contribution is 2.30. The second-order valence-electron chi connectivity index (χ2n) is 5.35. The third-order valence-corrected chi connectivity index (χ3v) is 4.02. The average molecular weight is 355 g/mol. The maximum Gasteiger partial charge on any atom is 0.158 e. The molecule has 2 heterocycles. The first-order chi connectivity index (χ1) is 12.0. The lowest BCUT2D eigenvalue weighted by molar-refractivity contribution is 0.406. The minimum absolute atomic E-state index is 0.348. The van der Waals surface area contributed by atoms with E-state index < -0.39 is 6.17 Å². The van der Waals surface area contributed by atoms with Gasteiger partial charge in [-0.2, -0.15) is 10.4 Å². The van der Waals surface area contributed by atoms with Crippen molar-refractivity contribution >= 4 is 28.2 Å². The van der Waals surface area contributed by atoms with Gasteiger partial charge in [0.1, 0.15) is 23.1 Å². The fourth-order valence-electron chi connectivity index (χ4n) is 2.59. The Balaban J connectivity index is 2.04. The van der Waals surface area contributed by atoms with E-state index in [4.69, 9.17) is 22.1 Å². The molecule has 3 N–H and O–H groups in total. The maximum absolute atomic E-state index is 9.21. The van der Waals surface area contributed by atoms with Gasteiger partial charge in [0.05, 0.1) is 18.4 Å². The predicted molar refractivity (Wildman–Crippen MR) is 95.3 cm³/mol. The second kappa shape index (κ2) is 6.89. The molecule has 0 unspecified atom stereocenters. The summed E-state index contributed by atoms with van der Waals surface area (Å²) in [6.45, 7) is 1.84. The number of methoxy groups -OCH3 is 1. The lowest BCUT2D eigenvalue weighted by Crippen LogP contribution is -2.22. The molecule has 8 heteroatoms. The number of anilines is 1. The van der Waals surface area contributed by atoms with Crippen molar-refractivity contribution in [3.8, 4) is 11.8 Å². The van der Waals surface area contributed by atoms with Crippen molar-refractivity contribution in [1.29, 1.82) is 5.26 Å². The summed E-state index contributed by atoms with van der Waals surface area (Å²) >= 11 is 6.01. The number of ether oxygens (including phenoxy) is 1. The fraction of sp³-hybridized carbons (Fsp3) is 0.176. The molecule has 7 nitrogen and oxygen atoms in total. The summed E-state index contributed by atoms with van der Waals surface area (Å²) in [5.74, 6) is 0.899. The number of rotatable bonds is 4. The summed E-state index contributed by atoms with van der Waals surface area (Å²) < 4.78 is 5.34. The van der Waals surface area contributed by atoms with Gasteiger partial charge in [0.2, 0.25) is 0 Å². The zero-order chi connectivity index (χ0) is 18.0. The van der Waals surface area contributed by atoms with Gasteiger partial charge in [-0.05, 0) is 19.1 Å². The number of pyridine rings is 1. The van der Waals surface area contributed by atoms with E-state index >= 15 is 0 Å². The summed E-state index contributed by atoms with van der Waals surface area (Å²) in [7, 11) is 1.50. The minimum Gasteiger partial charge on any atom is -0.495 e. The number of nitriles is 1. The fourth-order valence-corrected chi connectivity index (χ4v) is 2.75. The lowest BCUT2D eigenvalue weighted by Gasteiger charge is -2.19. The molecule has 0 saturated carbocycles. The van der Waals surface area contributed by atoms with Crippen LogP contribution in [0.15, 0.2) is 30.5 Å². The summed E-state index contributed by atoms with van der Waals surface area (Å²) in [6.07, 6.45) is 0.991. The molecule has 1 aromatic carbocycles. The number of fused-ring (bicyclic) bond motifs is 1. The van der Waals surface area contributed by atoms with Crippen molar-refractivity contribution in [3.05, 3.63) is 52.4 Å². The molecule has 0 aliphatic carbocycles. The normalized spacial score (nSPS) is 11.8. The van der Waals surface area contributed by atoms with Crippen LogP contribution in [-0.2, 0) is 0 Å². The number of aryl methyl sites for hydroxylation is 1. The van der Waals surface area contributed by atoms with E-state index in [-0.39, 0.29) is 0 Å². The van der Waals surface area contributed by atoms with E-state index in [1.807, 2.05) is 6.92 Å². The first kappa shape index (κ1) is 16.9. The van der Waals surface area contributed by atoms with Crippen LogP contribution in [0.4, 0.5) is 5.82 Å². The summed E-state index contributed by atoms with van der Waals surface area (Å²) in [5, 5.41) is 22.6. The molecule has 0 radical (unpaired) electrons. The molecule has 0 aliphatic heterocycles. The number of nitrogens with zero attached hydrogens (tertiary/aromatic N) is 4. The molecular weight excluding hydrogens is 340 g/mol. The number of para-hydroxylation sites is 1. The Hall–Kier alpha value is -2.95. The van der Waals surface area contributed by atoms with Crippen LogP contribution in [-0.4, -0.2) is 22.3 Å². The number of nitrogens with two attached hydrogens (primary N) is 1. The SMILES string of the molecule is COc1c(C#N)cccc1[C@@H](N)Nc1nnc(C)c2cnc(Cl)cc12. The van der Waals surface area contributed by atoms with Gasteiger partial charge in [-0.25, -0.2) is 4.98 Å². The van der Waals surface area contributed by atoms with E-state index in [1.54, 1.807) is 30.5 Å². The van der Waals surface area contributed by atoms with Crippen LogP contribution in [0.5, 0.6) is 5.75 Å². The highest BCUT2D eigenvalue weighted by molar-refractivity contribution is 6.30. The molecule has 126 valence electrons. The highest BCUT2D eigenvalue weighted by atomic mass is 35.5. The zero-order valence-corrected chi connectivity index (χ0v) is 14.4. The largest absolute Gasteiger partial charge is 0.495 e. The summed E-state index contributed by atoms with van der Waals surface area (Å²) in [6, 6.07) is 9.00. The number of hydrogen-bond donors (Lipinski definition) is 2. The van der Waals surface area contributed by atoms with E-state index in [0.717, 1.165) is 16.5 Å². The van der Waals surface area contributed by atoms with Crippen molar-refractivity contribution in [2.75, 3.05) is 12.4 Å². The van der Waals surface area contributed by atoms with E-state index in [2.05, 4.69) is 26.6 Å². The molecule has 0 amide bonds. The van der Waals surface area contributed by atoms with Gasteiger partial charge in [-0.3, -0.25) is 0 Å². The lowest BCUT2D eigenvalue weighted by atomic mass is 10.1. The quantitative estimate of drug-likeness (QED) is 0.547. The smallest absolute Gasteiger partial charge is 0.158 e. The first-order valence-corrected chi connectivity index (χ1v) is 7.80. The monoisotopic (exact) mass is 354 g/mol. The summed E-state index contributed by atoms with van der Waals surface area (Å²) in [5.41, 5.74) is 8.06. The first-order valence-electron chi connectivity index (χ1n) is 7.42. The van der Waals surface area contributed by atoms with Crippen molar-refractivity contribution in [3.63, 3.8) is 0 Å². The van der Waals surface area contributed by atoms with Gasteiger partial charge in [0.25, 0.3) is 0 Å². The van der Waals surface area contributed by atoms with Crippen LogP contribution >= 0.6 is 11.6 Å². The highest BCUT2D eigenvalue weighted by Gasteiger charge is 2.17. The standard InChI is InChI=1S/C17H15ClN6O/c1-9-13-8-21-14(18)6-12(13)17(24-23-9)22-16(20)11-5-3-4-10(7-19)15(11)25-2/h3-6,8,16H,20H2,1-2H3,(H,22,24)/t16-/m0/s1. The van der Waals surface area contributed by atoms with Gasteiger partial charge in [0.15, 0.2) is 5.82 Å². The van der Waals surface area contributed by atoms with Crippen LogP contribution in [0, 0.1) is 18.3 Å². The van der Waals surface area contributed by atoms with Crippen LogP contribution in [0.25, 0.3) is 10.8 Å². The van der Waals surface area contributed by atoms with E-state index in [1.165, 1.54) is 7.11 Å². The van der Waals surface area contributed by atoms with E-state index in [9.17, 15) is 5.26 Å². The van der Waals surface area contributed by atoms with Crippen molar-refractivity contribution in [1.82, 2.24) is 15.2 Å².